The molecule has 0 fully saturated rings. The van der Waals surface area contributed by atoms with E-state index in [0.717, 1.165) is 24.6 Å². The molecule has 70 valence electrons. The molecule has 0 rings (SSSR count). The van der Waals surface area contributed by atoms with Crippen molar-refractivity contribution in [2.24, 2.45) is 0 Å². The SMILES string of the molecule is CCCCOCC(O)CSC#N. The van der Waals surface area contributed by atoms with Gasteiger partial charge in [0.1, 0.15) is 5.40 Å². The molecule has 0 aliphatic carbocycles. The molecule has 0 bridgehead atoms. The predicted molar refractivity (Wildman–Crippen MR) is 49.8 cm³/mol. The first kappa shape index (κ1) is 11.8. The molecule has 0 saturated heterocycles. The number of thiocyanates is 1. The third-order valence-electron chi connectivity index (χ3n) is 1.29. The fourth-order valence-electron chi connectivity index (χ4n) is 0.647. The molecular formula is C8H15NO2S. The van der Waals surface area contributed by atoms with Gasteiger partial charge in [0.15, 0.2) is 0 Å². The third kappa shape index (κ3) is 7.86. The van der Waals surface area contributed by atoms with Crippen molar-refractivity contribution in [1.29, 1.82) is 5.26 Å². The predicted octanol–water partition coefficient (Wildman–Crippen LogP) is 1.38. The van der Waals surface area contributed by atoms with Crippen molar-refractivity contribution >= 4 is 11.8 Å². The monoisotopic (exact) mass is 189 g/mol. The number of nitriles is 1. The van der Waals surface area contributed by atoms with Crippen LogP contribution < -0.4 is 0 Å². The molecule has 0 aromatic rings. The van der Waals surface area contributed by atoms with Gasteiger partial charge in [-0.05, 0) is 18.2 Å². The van der Waals surface area contributed by atoms with E-state index in [2.05, 4.69) is 6.92 Å². The molecule has 0 aliphatic rings. The van der Waals surface area contributed by atoms with Gasteiger partial charge in [0, 0.05) is 12.4 Å². The summed E-state index contributed by atoms with van der Waals surface area (Å²) < 4.78 is 5.16. The summed E-state index contributed by atoms with van der Waals surface area (Å²) in [5.74, 6) is 0.433. The summed E-state index contributed by atoms with van der Waals surface area (Å²) >= 11 is 1.06. The fraction of sp³-hybridized carbons (Fsp3) is 0.875. The Morgan fingerprint density at radius 1 is 1.67 bits per heavy atom. The molecule has 4 heteroatoms. The highest BCUT2D eigenvalue weighted by atomic mass is 32.2. The minimum Gasteiger partial charge on any atom is -0.390 e. The van der Waals surface area contributed by atoms with E-state index in [1.165, 1.54) is 0 Å². The summed E-state index contributed by atoms with van der Waals surface area (Å²) in [4.78, 5) is 0. The van der Waals surface area contributed by atoms with Crippen molar-refractivity contribution in [1.82, 2.24) is 0 Å². The van der Waals surface area contributed by atoms with Gasteiger partial charge in [0.2, 0.25) is 0 Å². The molecule has 0 spiro atoms. The van der Waals surface area contributed by atoms with Crippen LogP contribution in [0.15, 0.2) is 0 Å². The van der Waals surface area contributed by atoms with Gasteiger partial charge in [0.05, 0.1) is 12.7 Å². The maximum atomic E-state index is 9.18. The van der Waals surface area contributed by atoms with Crippen LogP contribution >= 0.6 is 11.8 Å². The van der Waals surface area contributed by atoms with Crippen LogP contribution in [-0.4, -0.2) is 30.2 Å². The lowest BCUT2D eigenvalue weighted by atomic mass is 10.3. The average Bonchev–Trinajstić information content (AvgIpc) is 2.09. The Hall–Kier alpha value is -0.240. The highest BCUT2D eigenvalue weighted by Gasteiger charge is 2.03. The number of ether oxygens (including phenoxy) is 1. The van der Waals surface area contributed by atoms with E-state index in [1.807, 2.05) is 5.40 Å². The normalized spacial score (nSPS) is 12.4. The molecule has 0 aliphatic heterocycles. The van der Waals surface area contributed by atoms with Gasteiger partial charge in [-0.15, -0.1) is 0 Å². The average molecular weight is 189 g/mol. The number of aliphatic hydroxyl groups is 1. The van der Waals surface area contributed by atoms with E-state index in [4.69, 9.17) is 10.00 Å². The topological polar surface area (TPSA) is 53.2 Å². The molecule has 0 aromatic heterocycles. The molecule has 0 aromatic carbocycles. The molecule has 0 amide bonds. The fourth-order valence-corrected chi connectivity index (χ4v) is 1.01. The lowest BCUT2D eigenvalue weighted by Crippen LogP contribution is -2.18. The highest BCUT2D eigenvalue weighted by Crippen LogP contribution is 2.00. The number of hydrogen-bond acceptors (Lipinski definition) is 4. The van der Waals surface area contributed by atoms with Crippen LogP contribution in [0.2, 0.25) is 0 Å². The zero-order valence-corrected chi connectivity index (χ0v) is 8.14. The van der Waals surface area contributed by atoms with E-state index >= 15 is 0 Å². The van der Waals surface area contributed by atoms with E-state index in [1.54, 1.807) is 0 Å². The largest absolute Gasteiger partial charge is 0.390 e. The highest BCUT2D eigenvalue weighted by molar-refractivity contribution is 8.03. The van der Waals surface area contributed by atoms with Crippen LogP contribution in [0.3, 0.4) is 0 Å². The van der Waals surface area contributed by atoms with E-state index < -0.39 is 6.10 Å². The van der Waals surface area contributed by atoms with Crippen molar-refractivity contribution in [3.63, 3.8) is 0 Å². The second-order valence-corrected chi connectivity index (χ2v) is 3.29. The van der Waals surface area contributed by atoms with Gasteiger partial charge >= 0.3 is 0 Å². The zero-order chi connectivity index (χ0) is 9.23. The summed E-state index contributed by atoms with van der Waals surface area (Å²) in [5, 5.41) is 19.3. The van der Waals surface area contributed by atoms with E-state index in [0.29, 0.717) is 19.0 Å². The number of aliphatic hydroxyl groups excluding tert-OH is 1. The van der Waals surface area contributed by atoms with E-state index in [9.17, 15) is 5.11 Å². The molecule has 0 saturated carbocycles. The minimum absolute atomic E-state index is 0.342. The first-order valence-corrected chi connectivity index (χ1v) is 5.06. The summed E-state index contributed by atoms with van der Waals surface area (Å²) in [6.07, 6.45) is 1.62. The van der Waals surface area contributed by atoms with Crippen LogP contribution in [0.25, 0.3) is 0 Å². The molecule has 1 atom stereocenters. The van der Waals surface area contributed by atoms with E-state index in [-0.39, 0.29) is 0 Å². The van der Waals surface area contributed by atoms with Gasteiger partial charge < -0.3 is 9.84 Å². The van der Waals surface area contributed by atoms with Crippen LogP contribution in [0, 0.1) is 10.7 Å². The lowest BCUT2D eigenvalue weighted by molar-refractivity contribution is 0.0474. The number of rotatable bonds is 7. The van der Waals surface area contributed by atoms with Crippen molar-refractivity contribution in [2.45, 2.75) is 25.9 Å². The van der Waals surface area contributed by atoms with Crippen molar-refractivity contribution in [3.8, 4) is 5.40 Å². The van der Waals surface area contributed by atoms with Crippen molar-refractivity contribution in [2.75, 3.05) is 19.0 Å². The molecule has 1 N–H and O–H groups in total. The van der Waals surface area contributed by atoms with Crippen LogP contribution in [0.1, 0.15) is 19.8 Å². The zero-order valence-electron chi connectivity index (χ0n) is 7.32. The standard InChI is InChI=1S/C8H15NO2S/c1-2-3-4-11-5-8(10)6-12-7-9/h8,10H,2-6H2,1H3. The number of unbranched alkanes of at least 4 members (excludes halogenated alkanes) is 1. The molecule has 1 unspecified atom stereocenters. The van der Waals surface area contributed by atoms with Crippen molar-refractivity contribution < 1.29 is 9.84 Å². The Morgan fingerprint density at radius 2 is 2.42 bits per heavy atom. The first-order valence-electron chi connectivity index (χ1n) is 4.08. The summed E-state index contributed by atoms with van der Waals surface area (Å²) in [5.41, 5.74) is 0. The summed E-state index contributed by atoms with van der Waals surface area (Å²) in [6, 6.07) is 0. The number of hydrogen-bond donors (Lipinski definition) is 1. The van der Waals surface area contributed by atoms with Crippen LogP contribution in [0.5, 0.6) is 0 Å². The van der Waals surface area contributed by atoms with Gasteiger partial charge in [-0.2, -0.15) is 5.26 Å². The maximum Gasteiger partial charge on any atom is 0.133 e. The van der Waals surface area contributed by atoms with Gasteiger partial charge in [0.25, 0.3) is 0 Å². The first-order chi connectivity index (χ1) is 5.81. The molecule has 3 nitrogen and oxygen atoms in total. The maximum absolute atomic E-state index is 9.18. The summed E-state index contributed by atoms with van der Waals surface area (Å²) in [7, 11) is 0. The number of nitrogens with zero attached hydrogens (tertiary/aromatic N) is 1. The Morgan fingerprint density at radius 3 is 3.00 bits per heavy atom. The van der Waals surface area contributed by atoms with Crippen LogP contribution in [-0.2, 0) is 4.74 Å². The second-order valence-electron chi connectivity index (χ2n) is 2.48. The summed E-state index contributed by atoms with van der Waals surface area (Å²) in [6.45, 7) is 3.13. The minimum atomic E-state index is -0.508. The molecule has 0 radical (unpaired) electrons. The Bertz CT molecular complexity index is 136. The lowest BCUT2D eigenvalue weighted by Gasteiger charge is -2.07. The smallest absolute Gasteiger partial charge is 0.133 e. The Labute approximate surface area is 77.7 Å². The third-order valence-corrected chi connectivity index (χ3v) is 1.97. The van der Waals surface area contributed by atoms with Crippen LogP contribution in [0.4, 0.5) is 0 Å². The van der Waals surface area contributed by atoms with Gasteiger partial charge in [-0.3, -0.25) is 0 Å². The molecule has 0 heterocycles. The quantitative estimate of drug-likeness (QED) is 0.485. The molecule has 12 heavy (non-hydrogen) atoms. The number of thioether (sulfide) groups is 1. The Balaban J connectivity index is 3.09. The van der Waals surface area contributed by atoms with Gasteiger partial charge in [-0.25, -0.2) is 0 Å². The second kappa shape index (κ2) is 8.85. The van der Waals surface area contributed by atoms with Crippen molar-refractivity contribution in [3.05, 3.63) is 0 Å². The van der Waals surface area contributed by atoms with Gasteiger partial charge in [-0.1, -0.05) is 13.3 Å². The molecular weight excluding hydrogens is 174 g/mol. The Kier molecular flexibility index (Phi) is 8.68.